The van der Waals surface area contributed by atoms with Crippen LogP contribution in [0.15, 0.2) is 24.3 Å². The zero-order chi connectivity index (χ0) is 24.5. The summed E-state index contributed by atoms with van der Waals surface area (Å²) in [5.74, 6) is 5.20. The van der Waals surface area contributed by atoms with Crippen molar-refractivity contribution >= 4 is 5.97 Å². The Morgan fingerprint density at radius 3 is 2.65 bits per heavy atom. The number of ether oxygens (including phenoxy) is 1. The molecule has 0 aliphatic heterocycles. The summed E-state index contributed by atoms with van der Waals surface area (Å²) in [6.45, 7) is 16.3. The predicted molar refractivity (Wildman–Crippen MR) is 142 cm³/mol. The second-order valence-electron chi connectivity index (χ2n) is 13.5. The summed E-state index contributed by atoms with van der Waals surface area (Å²) >= 11 is 0. The second-order valence-corrected chi connectivity index (χ2v) is 13.5. The number of allylic oxidation sites excluding steroid dienone is 2. The summed E-state index contributed by atoms with van der Waals surface area (Å²) in [4.78, 5) is 12.2. The van der Waals surface area contributed by atoms with Gasteiger partial charge in [0.15, 0.2) is 0 Å². The monoisotopic (exact) mass is 468 g/mol. The molecule has 2 nitrogen and oxygen atoms in total. The van der Waals surface area contributed by atoms with E-state index in [9.17, 15) is 4.79 Å². The van der Waals surface area contributed by atoms with Crippen LogP contribution in [-0.4, -0.2) is 12.1 Å². The van der Waals surface area contributed by atoms with E-state index in [-0.39, 0.29) is 12.1 Å². The highest BCUT2D eigenvalue weighted by molar-refractivity contribution is 5.69. The maximum atomic E-state index is 12.2. The van der Waals surface area contributed by atoms with Crippen LogP contribution in [0.4, 0.5) is 0 Å². The summed E-state index contributed by atoms with van der Waals surface area (Å²) in [6, 6.07) is 0. The average Bonchev–Trinajstić information content (AvgIpc) is 3.15. The minimum atomic E-state index is -0.0456. The van der Waals surface area contributed by atoms with Crippen molar-refractivity contribution in [1.29, 1.82) is 0 Å². The molecule has 0 bridgehead atoms. The molecule has 4 aliphatic carbocycles. The molecular formula is C32H52O2. The van der Waals surface area contributed by atoms with E-state index < -0.39 is 0 Å². The van der Waals surface area contributed by atoms with Gasteiger partial charge in [0.25, 0.3) is 0 Å². The van der Waals surface area contributed by atoms with Crippen molar-refractivity contribution < 1.29 is 9.53 Å². The minimum Gasteiger partial charge on any atom is -0.462 e. The molecular weight excluding hydrogens is 416 g/mol. The van der Waals surface area contributed by atoms with E-state index in [4.69, 9.17) is 4.74 Å². The number of hydrogen-bond donors (Lipinski definition) is 0. The van der Waals surface area contributed by atoms with Gasteiger partial charge in [0.1, 0.15) is 6.10 Å². The van der Waals surface area contributed by atoms with Gasteiger partial charge in [0.2, 0.25) is 0 Å². The van der Waals surface area contributed by atoms with E-state index in [2.05, 4.69) is 47.3 Å². The summed E-state index contributed by atoms with van der Waals surface area (Å²) < 4.78 is 5.87. The van der Waals surface area contributed by atoms with Crippen LogP contribution < -0.4 is 0 Å². The first kappa shape index (κ1) is 26.0. The first-order valence-electron chi connectivity index (χ1n) is 14.7. The molecule has 0 spiro atoms. The normalized spacial score (nSPS) is 40.1. The summed E-state index contributed by atoms with van der Waals surface area (Å²) in [6.07, 6.45) is 20.1. The van der Waals surface area contributed by atoms with Crippen LogP contribution in [0.25, 0.3) is 0 Å². The molecule has 0 radical (unpaired) electrons. The lowest BCUT2D eigenvalue weighted by atomic mass is 9.47. The Morgan fingerprint density at radius 2 is 1.91 bits per heavy atom. The molecule has 192 valence electrons. The fraction of sp³-hybridized carbons (Fsp3) is 0.844. The van der Waals surface area contributed by atoms with Crippen LogP contribution >= 0.6 is 0 Å². The van der Waals surface area contributed by atoms with Crippen LogP contribution in [0.1, 0.15) is 118 Å². The molecule has 0 amide bonds. The third-order valence-corrected chi connectivity index (χ3v) is 11.1. The SMILES string of the molecule is C=CCCC(=O)O[C@H]1CC[C@@]2(C)C(=CC[C@H]3[C@@H]4CC[C@H]([C@H](C)CCCC(C)C)[C@@]4(C)CC[C@@H]32)C1. The Balaban J connectivity index is 1.42. The topological polar surface area (TPSA) is 26.3 Å². The Bertz CT molecular complexity index is 765. The van der Waals surface area contributed by atoms with Gasteiger partial charge in [-0.1, -0.05) is 71.6 Å². The number of hydrogen-bond acceptors (Lipinski definition) is 2. The van der Waals surface area contributed by atoms with Crippen molar-refractivity contribution in [2.75, 3.05) is 0 Å². The Hall–Kier alpha value is -1.05. The molecule has 0 unspecified atom stereocenters. The van der Waals surface area contributed by atoms with Gasteiger partial charge in [-0.15, -0.1) is 6.58 Å². The Morgan fingerprint density at radius 1 is 1.12 bits per heavy atom. The molecule has 4 rings (SSSR count). The van der Waals surface area contributed by atoms with E-state index in [0.717, 1.165) is 48.3 Å². The van der Waals surface area contributed by atoms with Crippen molar-refractivity contribution in [1.82, 2.24) is 0 Å². The van der Waals surface area contributed by atoms with Crippen LogP contribution in [0.2, 0.25) is 0 Å². The lowest BCUT2D eigenvalue weighted by molar-refractivity contribution is -0.151. The summed E-state index contributed by atoms with van der Waals surface area (Å²) in [7, 11) is 0. The lowest BCUT2D eigenvalue weighted by Gasteiger charge is -2.58. The molecule has 2 heteroatoms. The molecule has 0 aromatic carbocycles. The van der Waals surface area contributed by atoms with Crippen molar-refractivity contribution in [2.24, 2.45) is 46.3 Å². The van der Waals surface area contributed by atoms with Gasteiger partial charge in [0, 0.05) is 12.8 Å². The molecule has 3 fully saturated rings. The Labute approximate surface area is 210 Å². The molecule has 3 saturated carbocycles. The van der Waals surface area contributed by atoms with Crippen LogP contribution in [0, 0.1) is 46.3 Å². The third-order valence-electron chi connectivity index (χ3n) is 11.1. The van der Waals surface area contributed by atoms with Gasteiger partial charge in [0.05, 0.1) is 0 Å². The molecule has 34 heavy (non-hydrogen) atoms. The van der Waals surface area contributed by atoms with Gasteiger partial charge < -0.3 is 4.74 Å². The van der Waals surface area contributed by atoms with Crippen molar-refractivity contribution in [3.63, 3.8) is 0 Å². The lowest BCUT2D eigenvalue weighted by Crippen LogP contribution is -2.51. The van der Waals surface area contributed by atoms with Crippen LogP contribution in [-0.2, 0) is 9.53 Å². The highest BCUT2D eigenvalue weighted by Gasteiger charge is 2.59. The quantitative estimate of drug-likeness (QED) is 0.249. The first-order chi connectivity index (χ1) is 16.2. The smallest absolute Gasteiger partial charge is 0.306 e. The average molecular weight is 469 g/mol. The molecule has 0 saturated heterocycles. The maximum absolute atomic E-state index is 12.2. The third kappa shape index (κ3) is 4.94. The highest BCUT2D eigenvalue weighted by Crippen LogP contribution is 2.67. The van der Waals surface area contributed by atoms with Crippen LogP contribution in [0.3, 0.4) is 0 Å². The number of carbonyl (C=O) groups excluding carboxylic acids is 1. The van der Waals surface area contributed by atoms with E-state index in [1.807, 2.05) is 0 Å². The van der Waals surface area contributed by atoms with Crippen LogP contribution in [0.5, 0.6) is 0 Å². The van der Waals surface area contributed by atoms with Gasteiger partial charge >= 0.3 is 5.97 Å². The summed E-state index contributed by atoms with van der Waals surface area (Å²) in [5.41, 5.74) is 2.49. The van der Waals surface area contributed by atoms with Crippen molar-refractivity contribution in [2.45, 2.75) is 124 Å². The fourth-order valence-electron chi connectivity index (χ4n) is 9.22. The zero-order valence-electron chi connectivity index (χ0n) is 22.9. The van der Waals surface area contributed by atoms with E-state index in [1.54, 1.807) is 11.6 Å². The number of rotatable bonds is 9. The minimum absolute atomic E-state index is 0.0456. The van der Waals surface area contributed by atoms with Crippen molar-refractivity contribution in [3.05, 3.63) is 24.3 Å². The highest BCUT2D eigenvalue weighted by atomic mass is 16.5. The molecule has 0 aromatic rings. The van der Waals surface area contributed by atoms with Gasteiger partial charge in [-0.25, -0.2) is 0 Å². The molecule has 4 aliphatic rings. The molecule has 0 heterocycles. The largest absolute Gasteiger partial charge is 0.462 e. The first-order valence-corrected chi connectivity index (χ1v) is 14.7. The van der Waals surface area contributed by atoms with E-state index >= 15 is 0 Å². The van der Waals surface area contributed by atoms with Gasteiger partial charge in [-0.05, 0) is 97.7 Å². The number of carbonyl (C=O) groups is 1. The van der Waals surface area contributed by atoms with Crippen molar-refractivity contribution in [3.8, 4) is 0 Å². The van der Waals surface area contributed by atoms with E-state index in [0.29, 0.717) is 23.7 Å². The van der Waals surface area contributed by atoms with Gasteiger partial charge in [-0.3, -0.25) is 4.79 Å². The fourth-order valence-corrected chi connectivity index (χ4v) is 9.22. The standard InChI is InChI=1S/C32H52O2/c1-7-8-12-30(33)34-25-17-19-31(5)24(21-25)13-14-26-28-16-15-27(23(4)11-9-10-22(2)3)32(28,6)20-18-29(26)31/h7,13,22-23,25-29H,1,8-12,14-21H2,2-6H3/t23-,25+,26+,27-,28+,29+,31+,32-/m1/s1. The molecule has 8 atom stereocenters. The summed E-state index contributed by atoms with van der Waals surface area (Å²) in [5, 5.41) is 0. The van der Waals surface area contributed by atoms with Gasteiger partial charge in [-0.2, -0.15) is 0 Å². The molecule has 0 aromatic heterocycles. The predicted octanol–water partition coefficient (Wildman–Crippen LogP) is 8.91. The number of fused-ring (bicyclic) bond motifs is 5. The number of esters is 1. The zero-order valence-corrected chi connectivity index (χ0v) is 22.9. The van der Waals surface area contributed by atoms with E-state index in [1.165, 1.54) is 57.8 Å². The maximum Gasteiger partial charge on any atom is 0.306 e. The molecule has 0 N–H and O–H groups in total. The Kier molecular flexibility index (Phi) is 8.05. The second kappa shape index (κ2) is 10.5.